The third-order valence-corrected chi connectivity index (χ3v) is 1.47. The highest BCUT2D eigenvalue weighted by molar-refractivity contribution is 4.56. The molecule has 0 heterocycles. The molecule has 0 aliphatic heterocycles. The van der Waals surface area contributed by atoms with Crippen LogP contribution in [0.2, 0.25) is 0 Å². The molecule has 0 aromatic carbocycles. The molecule has 0 aliphatic carbocycles. The molecule has 0 amide bonds. The quantitative estimate of drug-likeness (QED) is 0.649. The third-order valence-electron chi connectivity index (χ3n) is 1.47. The summed E-state index contributed by atoms with van der Waals surface area (Å²) in [5.74, 6) is 0. The first-order chi connectivity index (χ1) is 5.20. The fraction of sp³-hybridized carbons (Fsp3) is 1.00. The maximum absolute atomic E-state index is 11.7. The van der Waals surface area contributed by atoms with Crippen LogP contribution >= 0.6 is 0 Å². The number of halogens is 2. The molecule has 1 N–H and O–H groups in total. The van der Waals surface area contributed by atoms with Gasteiger partial charge < -0.3 is 10.1 Å². The van der Waals surface area contributed by atoms with Crippen molar-refractivity contribution in [1.29, 1.82) is 0 Å². The van der Waals surface area contributed by atoms with Crippen LogP contribution in [0, 0.1) is 0 Å². The average Bonchev–Trinajstić information content (AvgIpc) is 1.97. The SMILES string of the molecule is CCC(CCNC)OC(F)F. The van der Waals surface area contributed by atoms with Gasteiger partial charge in [0.15, 0.2) is 0 Å². The molecule has 0 radical (unpaired) electrons. The van der Waals surface area contributed by atoms with Crippen LogP contribution in [0.15, 0.2) is 0 Å². The second-order valence-corrected chi connectivity index (χ2v) is 2.32. The summed E-state index contributed by atoms with van der Waals surface area (Å²) >= 11 is 0. The first-order valence-electron chi connectivity index (χ1n) is 3.78. The van der Waals surface area contributed by atoms with Gasteiger partial charge >= 0.3 is 6.61 Å². The van der Waals surface area contributed by atoms with Gasteiger partial charge in [-0.05, 0) is 26.4 Å². The number of hydrogen-bond donors (Lipinski definition) is 1. The molecular formula is C7H15F2NO. The molecule has 0 rings (SSSR count). The van der Waals surface area contributed by atoms with Crippen LogP contribution in [0.5, 0.6) is 0 Å². The lowest BCUT2D eigenvalue weighted by molar-refractivity contribution is -0.164. The van der Waals surface area contributed by atoms with Crippen LogP contribution in [0.1, 0.15) is 19.8 Å². The van der Waals surface area contributed by atoms with Crippen molar-refractivity contribution in [2.45, 2.75) is 32.5 Å². The van der Waals surface area contributed by atoms with E-state index in [0.29, 0.717) is 19.4 Å². The van der Waals surface area contributed by atoms with Crippen LogP contribution in [0.4, 0.5) is 8.78 Å². The Morgan fingerprint density at radius 3 is 2.45 bits per heavy atom. The lowest BCUT2D eigenvalue weighted by Gasteiger charge is -2.14. The fourth-order valence-corrected chi connectivity index (χ4v) is 0.819. The van der Waals surface area contributed by atoms with Gasteiger partial charge in [-0.1, -0.05) is 6.92 Å². The van der Waals surface area contributed by atoms with Crippen LogP contribution in [0.3, 0.4) is 0 Å². The second kappa shape index (κ2) is 6.49. The number of rotatable bonds is 6. The maximum atomic E-state index is 11.7. The molecule has 0 saturated heterocycles. The first-order valence-corrected chi connectivity index (χ1v) is 3.78. The van der Waals surface area contributed by atoms with Crippen molar-refractivity contribution in [2.75, 3.05) is 13.6 Å². The predicted molar refractivity (Wildman–Crippen MR) is 39.7 cm³/mol. The van der Waals surface area contributed by atoms with E-state index in [-0.39, 0.29) is 6.10 Å². The van der Waals surface area contributed by atoms with E-state index in [9.17, 15) is 8.78 Å². The van der Waals surface area contributed by atoms with Crippen LogP contribution in [0.25, 0.3) is 0 Å². The van der Waals surface area contributed by atoms with Crippen molar-refractivity contribution in [1.82, 2.24) is 5.32 Å². The van der Waals surface area contributed by atoms with Gasteiger partial charge in [-0.25, -0.2) is 0 Å². The summed E-state index contributed by atoms with van der Waals surface area (Å²) in [6.07, 6.45) is 0.950. The van der Waals surface area contributed by atoms with Crippen LogP contribution < -0.4 is 5.32 Å². The zero-order chi connectivity index (χ0) is 8.69. The standard InChI is InChI=1S/C7H15F2NO/c1-3-6(4-5-10-2)11-7(8)9/h6-7,10H,3-5H2,1-2H3. The van der Waals surface area contributed by atoms with Crippen molar-refractivity contribution in [3.8, 4) is 0 Å². The summed E-state index contributed by atoms with van der Waals surface area (Å²) in [4.78, 5) is 0. The van der Waals surface area contributed by atoms with Crippen molar-refractivity contribution < 1.29 is 13.5 Å². The Labute approximate surface area is 65.9 Å². The molecular weight excluding hydrogens is 152 g/mol. The normalized spacial score (nSPS) is 13.9. The van der Waals surface area contributed by atoms with Crippen molar-refractivity contribution in [3.05, 3.63) is 0 Å². The Morgan fingerprint density at radius 1 is 1.45 bits per heavy atom. The maximum Gasteiger partial charge on any atom is 0.345 e. The van der Waals surface area contributed by atoms with Gasteiger partial charge in [-0.2, -0.15) is 8.78 Å². The van der Waals surface area contributed by atoms with Crippen molar-refractivity contribution >= 4 is 0 Å². The molecule has 0 aromatic heterocycles. The minimum atomic E-state index is -2.64. The van der Waals surface area contributed by atoms with Gasteiger partial charge in [-0.3, -0.25) is 0 Å². The topological polar surface area (TPSA) is 21.3 Å². The molecule has 0 fully saturated rings. The smallest absolute Gasteiger partial charge is 0.320 e. The monoisotopic (exact) mass is 167 g/mol. The molecule has 1 atom stereocenters. The Balaban J connectivity index is 3.41. The molecule has 4 heteroatoms. The number of hydrogen-bond acceptors (Lipinski definition) is 2. The van der Waals surface area contributed by atoms with Gasteiger partial charge in [0, 0.05) is 0 Å². The highest BCUT2D eigenvalue weighted by atomic mass is 19.3. The lowest BCUT2D eigenvalue weighted by atomic mass is 10.2. The van der Waals surface area contributed by atoms with Crippen molar-refractivity contribution in [2.24, 2.45) is 0 Å². The Bertz CT molecular complexity index is 90.5. The van der Waals surface area contributed by atoms with E-state index in [2.05, 4.69) is 10.1 Å². The van der Waals surface area contributed by atoms with Crippen LogP contribution in [-0.4, -0.2) is 26.3 Å². The molecule has 0 aromatic rings. The number of alkyl halides is 2. The molecule has 0 bridgehead atoms. The van der Waals surface area contributed by atoms with Gasteiger partial charge in [0.1, 0.15) is 0 Å². The van der Waals surface area contributed by atoms with Crippen molar-refractivity contribution in [3.63, 3.8) is 0 Å². The summed E-state index contributed by atoms with van der Waals surface area (Å²) in [5, 5.41) is 2.88. The molecule has 1 unspecified atom stereocenters. The Morgan fingerprint density at radius 2 is 2.09 bits per heavy atom. The van der Waals surface area contributed by atoms with E-state index in [4.69, 9.17) is 0 Å². The summed E-state index contributed by atoms with van der Waals surface area (Å²) in [6, 6.07) is 0. The average molecular weight is 167 g/mol. The minimum Gasteiger partial charge on any atom is -0.320 e. The zero-order valence-electron chi connectivity index (χ0n) is 6.94. The van der Waals surface area contributed by atoms with Gasteiger partial charge in [0.2, 0.25) is 0 Å². The Hall–Kier alpha value is -0.220. The third kappa shape index (κ3) is 6.19. The zero-order valence-corrected chi connectivity index (χ0v) is 6.94. The minimum absolute atomic E-state index is 0.317. The molecule has 0 spiro atoms. The predicted octanol–water partition coefficient (Wildman–Crippen LogP) is 1.61. The highest BCUT2D eigenvalue weighted by Crippen LogP contribution is 2.07. The van der Waals surface area contributed by atoms with Gasteiger partial charge in [0.05, 0.1) is 6.10 Å². The lowest BCUT2D eigenvalue weighted by Crippen LogP contribution is -2.21. The van der Waals surface area contributed by atoms with Gasteiger partial charge in [-0.15, -0.1) is 0 Å². The fourth-order valence-electron chi connectivity index (χ4n) is 0.819. The molecule has 11 heavy (non-hydrogen) atoms. The van der Waals surface area contributed by atoms with E-state index >= 15 is 0 Å². The van der Waals surface area contributed by atoms with Gasteiger partial charge in [0.25, 0.3) is 0 Å². The second-order valence-electron chi connectivity index (χ2n) is 2.32. The highest BCUT2D eigenvalue weighted by Gasteiger charge is 2.11. The first kappa shape index (κ1) is 10.8. The Kier molecular flexibility index (Phi) is 6.36. The number of ether oxygens (including phenoxy) is 1. The molecule has 68 valence electrons. The summed E-state index contributed by atoms with van der Waals surface area (Å²) in [6.45, 7) is -0.0923. The molecule has 0 saturated carbocycles. The molecule has 0 aliphatic rings. The summed E-state index contributed by atoms with van der Waals surface area (Å²) in [5.41, 5.74) is 0. The van der Waals surface area contributed by atoms with E-state index in [0.717, 1.165) is 0 Å². The summed E-state index contributed by atoms with van der Waals surface area (Å²) in [7, 11) is 1.79. The largest absolute Gasteiger partial charge is 0.345 e. The van der Waals surface area contributed by atoms with E-state index in [1.165, 1.54) is 0 Å². The number of nitrogens with one attached hydrogen (secondary N) is 1. The van der Waals surface area contributed by atoms with E-state index < -0.39 is 6.61 Å². The molecule has 2 nitrogen and oxygen atoms in total. The van der Waals surface area contributed by atoms with E-state index in [1.807, 2.05) is 6.92 Å². The van der Waals surface area contributed by atoms with E-state index in [1.54, 1.807) is 7.05 Å². The summed E-state index contributed by atoms with van der Waals surface area (Å²) < 4.78 is 27.6. The van der Waals surface area contributed by atoms with Crippen LogP contribution in [-0.2, 0) is 4.74 Å².